The fourth-order valence-corrected chi connectivity index (χ4v) is 0.764. The number of ether oxygens (including phenoxy) is 1. The predicted octanol–water partition coefficient (Wildman–Crippen LogP) is -1.62. The minimum Gasteiger partial charge on any atom is -0.383 e. The van der Waals surface area contributed by atoms with Gasteiger partial charge in [0, 0.05) is 20.2 Å². The minimum absolute atomic E-state index is 0.471. The molecule has 0 saturated heterocycles. The fourth-order valence-electron chi connectivity index (χ4n) is 0.764. The zero-order chi connectivity index (χ0) is 9.56. The number of carbonyl (C=O) groups is 1. The molecule has 1 amide bonds. The van der Waals surface area contributed by atoms with Crippen molar-refractivity contribution >= 4 is 5.91 Å². The first-order chi connectivity index (χ1) is 5.57. The molecule has 0 radical (unpaired) electrons. The van der Waals surface area contributed by atoms with Gasteiger partial charge in [0.1, 0.15) is 0 Å². The summed E-state index contributed by atoms with van der Waals surface area (Å²) in [5.41, 5.74) is 10.4. The number of hydrogen-bond donors (Lipinski definition) is 2. The Hall–Kier alpha value is -0.650. The number of amides is 1. The van der Waals surface area contributed by atoms with Crippen LogP contribution in [0.4, 0.5) is 0 Å². The van der Waals surface area contributed by atoms with Crippen LogP contribution in [0.25, 0.3) is 0 Å². The lowest BCUT2D eigenvalue weighted by atomic mass is 10.3. The normalized spacial score (nSPS) is 13.3. The van der Waals surface area contributed by atoms with E-state index >= 15 is 0 Å². The Bertz CT molecular complexity index is 141. The summed E-state index contributed by atoms with van der Waals surface area (Å²) in [5.74, 6) is -0.473. The van der Waals surface area contributed by atoms with Crippen LogP contribution in [0.1, 0.15) is 0 Å². The molecule has 0 aromatic carbocycles. The molecule has 1 unspecified atom stereocenters. The van der Waals surface area contributed by atoms with E-state index < -0.39 is 11.9 Å². The Labute approximate surface area is 72.6 Å². The third-order valence-electron chi connectivity index (χ3n) is 1.55. The van der Waals surface area contributed by atoms with Crippen molar-refractivity contribution in [1.82, 2.24) is 4.90 Å². The molecule has 0 aliphatic rings. The number of methoxy groups -OCH3 is 1. The summed E-state index contributed by atoms with van der Waals surface area (Å²) >= 11 is 0. The summed E-state index contributed by atoms with van der Waals surface area (Å²) in [4.78, 5) is 12.4. The number of nitrogens with two attached hydrogens (primary N) is 2. The van der Waals surface area contributed by atoms with Crippen LogP contribution in [0.15, 0.2) is 0 Å². The predicted molar refractivity (Wildman–Crippen MR) is 46.5 cm³/mol. The lowest BCUT2D eigenvalue weighted by Gasteiger charge is -2.18. The molecule has 72 valence electrons. The lowest BCUT2D eigenvalue weighted by molar-refractivity contribution is -0.119. The highest BCUT2D eigenvalue weighted by molar-refractivity contribution is 5.79. The molecule has 5 heteroatoms. The number of hydrogen-bond acceptors (Lipinski definition) is 4. The summed E-state index contributed by atoms with van der Waals surface area (Å²) in [5, 5.41) is 0. The van der Waals surface area contributed by atoms with Crippen molar-refractivity contribution in [2.45, 2.75) is 6.04 Å². The molecule has 0 bridgehead atoms. The zero-order valence-corrected chi connectivity index (χ0v) is 7.62. The SMILES string of the molecule is COCCN(C)CC(N)C(N)=O. The first kappa shape index (κ1) is 11.4. The van der Waals surface area contributed by atoms with Gasteiger partial charge in [-0.05, 0) is 7.05 Å². The highest BCUT2D eigenvalue weighted by Gasteiger charge is 2.11. The van der Waals surface area contributed by atoms with Gasteiger partial charge in [-0.3, -0.25) is 4.79 Å². The molecular formula is C7H17N3O2. The standard InChI is InChI=1S/C7H17N3O2/c1-10(3-4-12-2)5-6(8)7(9)11/h6H,3-5,8H2,1-2H3,(H2,9,11). The van der Waals surface area contributed by atoms with Gasteiger partial charge in [-0.2, -0.15) is 0 Å². The van der Waals surface area contributed by atoms with Crippen molar-refractivity contribution < 1.29 is 9.53 Å². The molecule has 0 aromatic heterocycles. The van der Waals surface area contributed by atoms with Gasteiger partial charge < -0.3 is 21.1 Å². The number of carbonyl (C=O) groups excluding carboxylic acids is 1. The van der Waals surface area contributed by atoms with E-state index in [1.807, 2.05) is 11.9 Å². The molecule has 5 nitrogen and oxygen atoms in total. The summed E-state index contributed by atoms with van der Waals surface area (Å²) < 4.78 is 4.86. The molecule has 0 aliphatic heterocycles. The molecule has 0 saturated carbocycles. The van der Waals surface area contributed by atoms with Crippen LogP contribution in [0, 0.1) is 0 Å². The second-order valence-electron chi connectivity index (χ2n) is 2.76. The van der Waals surface area contributed by atoms with Crippen LogP contribution in [-0.2, 0) is 9.53 Å². The third-order valence-corrected chi connectivity index (χ3v) is 1.55. The van der Waals surface area contributed by atoms with Crippen molar-refractivity contribution in [2.24, 2.45) is 11.5 Å². The lowest BCUT2D eigenvalue weighted by Crippen LogP contribution is -2.45. The van der Waals surface area contributed by atoms with Gasteiger partial charge >= 0.3 is 0 Å². The van der Waals surface area contributed by atoms with Crippen molar-refractivity contribution in [3.63, 3.8) is 0 Å². The molecule has 0 aliphatic carbocycles. The maximum absolute atomic E-state index is 10.5. The van der Waals surface area contributed by atoms with E-state index in [2.05, 4.69) is 0 Å². The Morgan fingerprint density at radius 3 is 2.67 bits per heavy atom. The van der Waals surface area contributed by atoms with Gasteiger partial charge in [0.2, 0.25) is 5.91 Å². The monoisotopic (exact) mass is 175 g/mol. The topological polar surface area (TPSA) is 81.6 Å². The van der Waals surface area contributed by atoms with Gasteiger partial charge in [-0.1, -0.05) is 0 Å². The number of primary amides is 1. The van der Waals surface area contributed by atoms with Crippen molar-refractivity contribution in [3.05, 3.63) is 0 Å². The van der Waals surface area contributed by atoms with E-state index in [1.165, 1.54) is 0 Å². The van der Waals surface area contributed by atoms with Crippen LogP contribution < -0.4 is 11.5 Å². The summed E-state index contributed by atoms with van der Waals surface area (Å²) in [7, 11) is 3.49. The van der Waals surface area contributed by atoms with Crippen LogP contribution in [0.5, 0.6) is 0 Å². The number of rotatable bonds is 6. The van der Waals surface area contributed by atoms with E-state index in [1.54, 1.807) is 7.11 Å². The molecule has 12 heavy (non-hydrogen) atoms. The molecule has 0 fully saturated rings. The summed E-state index contributed by atoms with van der Waals surface area (Å²) in [6, 6.07) is -0.591. The average Bonchev–Trinajstić information content (AvgIpc) is 2.00. The van der Waals surface area contributed by atoms with Gasteiger partial charge in [0.05, 0.1) is 12.6 Å². The smallest absolute Gasteiger partial charge is 0.235 e. The van der Waals surface area contributed by atoms with Crippen molar-refractivity contribution in [3.8, 4) is 0 Å². The molecule has 1 atom stereocenters. The largest absolute Gasteiger partial charge is 0.383 e. The van der Waals surface area contributed by atoms with E-state index in [4.69, 9.17) is 16.2 Å². The third kappa shape index (κ3) is 5.06. The zero-order valence-electron chi connectivity index (χ0n) is 7.62. The van der Waals surface area contributed by atoms with E-state index in [0.717, 1.165) is 6.54 Å². The van der Waals surface area contributed by atoms with Crippen LogP contribution in [-0.4, -0.2) is 50.7 Å². The first-order valence-electron chi connectivity index (χ1n) is 3.80. The van der Waals surface area contributed by atoms with E-state index in [-0.39, 0.29) is 0 Å². The van der Waals surface area contributed by atoms with E-state index in [0.29, 0.717) is 13.2 Å². The minimum atomic E-state index is -0.591. The molecule has 4 N–H and O–H groups in total. The van der Waals surface area contributed by atoms with Gasteiger partial charge in [-0.25, -0.2) is 0 Å². The molecule has 0 rings (SSSR count). The maximum Gasteiger partial charge on any atom is 0.235 e. The number of nitrogens with zero attached hydrogens (tertiary/aromatic N) is 1. The Morgan fingerprint density at radius 1 is 1.67 bits per heavy atom. The molecular weight excluding hydrogens is 158 g/mol. The highest BCUT2D eigenvalue weighted by Crippen LogP contribution is 1.85. The van der Waals surface area contributed by atoms with Gasteiger partial charge in [0.25, 0.3) is 0 Å². The number of likely N-dealkylation sites (N-methyl/N-ethyl adjacent to an activating group) is 1. The summed E-state index contributed by atoms with van der Waals surface area (Å²) in [6.07, 6.45) is 0. The molecule has 0 aromatic rings. The summed E-state index contributed by atoms with van der Waals surface area (Å²) in [6.45, 7) is 1.85. The van der Waals surface area contributed by atoms with E-state index in [9.17, 15) is 4.79 Å². The van der Waals surface area contributed by atoms with Gasteiger partial charge in [-0.15, -0.1) is 0 Å². The fraction of sp³-hybridized carbons (Fsp3) is 0.857. The van der Waals surface area contributed by atoms with Crippen LogP contribution in [0.3, 0.4) is 0 Å². The molecule has 0 heterocycles. The highest BCUT2D eigenvalue weighted by atomic mass is 16.5. The first-order valence-corrected chi connectivity index (χ1v) is 3.80. The second kappa shape index (κ2) is 5.93. The maximum atomic E-state index is 10.5. The Kier molecular flexibility index (Phi) is 5.61. The Balaban J connectivity index is 3.53. The molecule has 0 spiro atoms. The Morgan fingerprint density at radius 2 is 2.25 bits per heavy atom. The van der Waals surface area contributed by atoms with Crippen LogP contribution in [0.2, 0.25) is 0 Å². The van der Waals surface area contributed by atoms with Crippen LogP contribution >= 0.6 is 0 Å². The van der Waals surface area contributed by atoms with Crippen molar-refractivity contribution in [2.75, 3.05) is 33.9 Å². The van der Waals surface area contributed by atoms with Crippen molar-refractivity contribution in [1.29, 1.82) is 0 Å². The van der Waals surface area contributed by atoms with Gasteiger partial charge in [0.15, 0.2) is 0 Å². The quantitative estimate of drug-likeness (QED) is 0.508. The second-order valence-corrected chi connectivity index (χ2v) is 2.76. The average molecular weight is 175 g/mol.